The molecule has 1 aliphatic rings. The second kappa shape index (κ2) is 5.79. The molecule has 1 aromatic rings. The molecule has 0 saturated carbocycles. The Kier molecular flexibility index (Phi) is 4.31. The molecule has 1 unspecified atom stereocenters. The van der Waals surface area contributed by atoms with Crippen LogP contribution in [0.4, 0.5) is 13.2 Å². The van der Waals surface area contributed by atoms with E-state index in [1.165, 1.54) is 0 Å². The van der Waals surface area contributed by atoms with E-state index in [0.29, 0.717) is 5.75 Å². The standard InChI is InChI=1S/C13H15F3O3/c14-13(15,16)7-18-8-19-10-4-5-11-9(6-10)2-1-3-12(11)17/h4-6,12,17H,1-3,7-8H2. The van der Waals surface area contributed by atoms with Gasteiger partial charge in [-0.25, -0.2) is 0 Å². The van der Waals surface area contributed by atoms with Gasteiger partial charge in [0.2, 0.25) is 0 Å². The van der Waals surface area contributed by atoms with Crippen molar-refractivity contribution in [2.75, 3.05) is 13.4 Å². The fraction of sp³-hybridized carbons (Fsp3) is 0.538. The first kappa shape index (κ1) is 14.1. The third kappa shape index (κ3) is 4.11. The van der Waals surface area contributed by atoms with Gasteiger partial charge in [0.1, 0.15) is 12.4 Å². The van der Waals surface area contributed by atoms with Crippen LogP contribution in [-0.2, 0) is 11.2 Å². The molecule has 1 aliphatic carbocycles. The van der Waals surface area contributed by atoms with Gasteiger partial charge < -0.3 is 14.6 Å². The fourth-order valence-electron chi connectivity index (χ4n) is 2.12. The summed E-state index contributed by atoms with van der Waals surface area (Å²) < 4.78 is 45.0. The number of rotatable bonds is 4. The van der Waals surface area contributed by atoms with E-state index < -0.39 is 25.7 Å². The summed E-state index contributed by atoms with van der Waals surface area (Å²) in [5.74, 6) is 0.454. The number of hydrogen-bond donors (Lipinski definition) is 1. The lowest BCUT2D eigenvalue weighted by molar-refractivity contribution is -0.186. The zero-order valence-corrected chi connectivity index (χ0v) is 10.2. The fourth-order valence-corrected chi connectivity index (χ4v) is 2.12. The van der Waals surface area contributed by atoms with Crippen molar-refractivity contribution in [2.45, 2.75) is 31.5 Å². The summed E-state index contributed by atoms with van der Waals surface area (Å²) in [6, 6.07) is 5.12. The van der Waals surface area contributed by atoms with E-state index in [4.69, 9.17) is 4.74 Å². The second-order valence-electron chi connectivity index (χ2n) is 4.49. The Labute approximate surface area is 108 Å². The number of aryl methyl sites for hydroxylation is 1. The quantitative estimate of drug-likeness (QED) is 0.678. The van der Waals surface area contributed by atoms with E-state index in [1.807, 2.05) is 0 Å². The molecule has 0 saturated heterocycles. The molecule has 6 heteroatoms. The van der Waals surface area contributed by atoms with Gasteiger partial charge in [-0.3, -0.25) is 0 Å². The van der Waals surface area contributed by atoms with Crippen LogP contribution in [0.2, 0.25) is 0 Å². The summed E-state index contributed by atoms with van der Waals surface area (Å²) in [6.45, 7) is -1.77. The SMILES string of the molecule is OC1CCCc2cc(OCOCC(F)(F)F)ccc21. The van der Waals surface area contributed by atoms with Gasteiger partial charge in [-0.05, 0) is 42.5 Å². The predicted octanol–water partition coefficient (Wildman–Crippen LogP) is 2.97. The van der Waals surface area contributed by atoms with E-state index in [0.717, 1.165) is 30.4 Å². The molecule has 106 valence electrons. The highest BCUT2D eigenvalue weighted by molar-refractivity contribution is 5.38. The number of aliphatic hydroxyl groups is 1. The smallest absolute Gasteiger partial charge is 0.411 e. The van der Waals surface area contributed by atoms with Gasteiger partial charge in [0.05, 0.1) is 6.10 Å². The van der Waals surface area contributed by atoms with Gasteiger partial charge >= 0.3 is 6.18 Å². The average Bonchev–Trinajstić information content (AvgIpc) is 2.34. The zero-order chi connectivity index (χ0) is 13.9. The molecule has 0 bridgehead atoms. The highest BCUT2D eigenvalue weighted by Crippen LogP contribution is 2.31. The maximum Gasteiger partial charge on any atom is 0.411 e. The van der Waals surface area contributed by atoms with Crippen molar-refractivity contribution < 1.29 is 27.8 Å². The molecule has 1 aromatic carbocycles. The first-order valence-electron chi connectivity index (χ1n) is 6.04. The monoisotopic (exact) mass is 276 g/mol. The van der Waals surface area contributed by atoms with Crippen LogP contribution in [0.3, 0.4) is 0 Å². The molecule has 19 heavy (non-hydrogen) atoms. The minimum atomic E-state index is -4.34. The van der Waals surface area contributed by atoms with Crippen molar-refractivity contribution in [2.24, 2.45) is 0 Å². The number of fused-ring (bicyclic) bond motifs is 1. The largest absolute Gasteiger partial charge is 0.468 e. The lowest BCUT2D eigenvalue weighted by Crippen LogP contribution is -2.19. The highest BCUT2D eigenvalue weighted by Gasteiger charge is 2.27. The lowest BCUT2D eigenvalue weighted by Gasteiger charge is -2.21. The summed E-state index contributed by atoms with van der Waals surface area (Å²) in [5, 5.41) is 9.77. The van der Waals surface area contributed by atoms with Gasteiger partial charge in [-0.1, -0.05) is 6.07 Å². The zero-order valence-electron chi connectivity index (χ0n) is 10.2. The first-order valence-corrected chi connectivity index (χ1v) is 6.04. The van der Waals surface area contributed by atoms with Crippen molar-refractivity contribution in [3.63, 3.8) is 0 Å². The summed E-state index contributed by atoms with van der Waals surface area (Å²) in [4.78, 5) is 0. The summed E-state index contributed by atoms with van der Waals surface area (Å²) >= 11 is 0. The van der Waals surface area contributed by atoms with Gasteiger partial charge in [-0.2, -0.15) is 13.2 Å². The molecule has 0 spiro atoms. The number of halogens is 3. The van der Waals surface area contributed by atoms with Crippen molar-refractivity contribution >= 4 is 0 Å². The van der Waals surface area contributed by atoms with Gasteiger partial charge in [-0.15, -0.1) is 0 Å². The summed E-state index contributed by atoms with van der Waals surface area (Å²) in [7, 11) is 0. The normalized spacial score (nSPS) is 19.1. The minimum Gasteiger partial charge on any atom is -0.468 e. The number of alkyl halides is 3. The number of aliphatic hydroxyl groups excluding tert-OH is 1. The molecular formula is C13H15F3O3. The van der Waals surface area contributed by atoms with Crippen LogP contribution in [0, 0.1) is 0 Å². The molecule has 0 fully saturated rings. The van der Waals surface area contributed by atoms with Crippen molar-refractivity contribution in [3.05, 3.63) is 29.3 Å². The molecular weight excluding hydrogens is 261 g/mol. The van der Waals surface area contributed by atoms with Crippen LogP contribution < -0.4 is 4.74 Å². The molecule has 0 aromatic heterocycles. The van der Waals surface area contributed by atoms with Crippen molar-refractivity contribution in [1.29, 1.82) is 0 Å². The molecule has 0 aliphatic heterocycles. The molecule has 0 heterocycles. The number of benzene rings is 1. The van der Waals surface area contributed by atoms with E-state index in [9.17, 15) is 18.3 Å². The lowest BCUT2D eigenvalue weighted by atomic mass is 9.89. The summed E-state index contributed by atoms with van der Waals surface area (Å²) in [5.41, 5.74) is 1.85. The second-order valence-corrected chi connectivity index (χ2v) is 4.49. The number of hydrogen-bond acceptors (Lipinski definition) is 3. The maximum atomic E-state index is 11.8. The Balaban J connectivity index is 1.88. The topological polar surface area (TPSA) is 38.7 Å². The van der Waals surface area contributed by atoms with E-state index >= 15 is 0 Å². The van der Waals surface area contributed by atoms with Gasteiger partial charge in [0, 0.05) is 0 Å². The van der Waals surface area contributed by atoms with Gasteiger partial charge in [0.25, 0.3) is 0 Å². The van der Waals surface area contributed by atoms with Crippen molar-refractivity contribution in [1.82, 2.24) is 0 Å². The Bertz CT molecular complexity index is 432. The molecule has 0 radical (unpaired) electrons. The Morgan fingerprint density at radius 2 is 2.11 bits per heavy atom. The Hall–Kier alpha value is -1.27. The molecule has 2 rings (SSSR count). The highest BCUT2D eigenvalue weighted by atomic mass is 19.4. The van der Waals surface area contributed by atoms with Crippen LogP contribution in [0.25, 0.3) is 0 Å². The van der Waals surface area contributed by atoms with E-state index in [1.54, 1.807) is 18.2 Å². The van der Waals surface area contributed by atoms with Crippen LogP contribution in [0.5, 0.6) is 5.75 Å². The number of ether oxygens (including phenoxy) is 2. The van der Waals surface area contributed by atoms with Crippen LogP contribution in [0.15, 0.2) is 18.2 Å². The van der Waals surface area contributed by atoms with E-state index in [-0.39, 0.29) is 0 Å². The molecule has 1 N–H and O–H groups in total. The molecule has 1 atom stereocenters. The van der Waals surface area contributed by atoms with Gasteiger partial charge in [0.15, 0.2) is 6.79 Å². The van der Waals surface area contributed by atoms with Crippen LogP contribution >= 0.6 is 0 Å². The predicted molar refractivity (Wildman–Crippen MR) is 61.8 cm³/mol. The first-order chi connectivity index (χ1) is 8.96. The average molecular weight is 276 g/mol. The van der Waals surface area contributed by atoms with Crippen molar-refractivity contribution in [3.8, 4) is 5.75 Å². The maximum absolute atomic E-state index is 11.8. The van der Waals surface area contributed by atoms with E-state index in [2.05, 4.69) is 4.74 Å². The minimum absolute atomic E-state index is 0.444. The Morgan fingerprint density at radius 3 is 2.84 bits per heavy atom. The third-order valence-electron chi connectivity index (χ3n) is 2.97. The molecule has 3 nitrogen and oxygen atoms in total. The van der Waals surface area contributed by atoms with Crippen LogP contribution in [-0.4, -0.2) is 24.7 Å². The summed E-state index contributed by atoms with van der Waals surface area (Å²) in [6.07, 6.45) is -2.33. The molecule has 0 amide bonds. The Morgan fingerprint density at radius 1 is 1.32 bits per heavy atom. The third-order valence-corrected chi connectivity index (χ3v) is 2.97. The van der Waals surface area contributed by atoms with Crippen LogP contribution in [0.1, 0.15) is 30.1 Å².